The highest BCUT2D eigenvalue weighted by molar-refractivity contribution is 7.99. The van der Waals surface area contributed by atoms with Crippen molar-refractivity contribution in [3.05, 3.63) is 99.9 Å². The summed E-state index contributed by atoms with van der Waals surface area (Å²) in [5, 5.41) is 9.28. The van der Waals surface area contributed by atoms with Crippen LogP contribution in [-0.4, -0.2) is 52.0 Å². The molecule has 6 rings (SSSR count). The Kier molecular flexibility index (Phi) is 8.78. The molecule has 2 aliphatic rings. The number of hydrogen-bond donors (Lipinski definition) is 0. The lowest BCUT2D eigenvalue weighted by Crippen LogP contribution is -2.59. The van der Waals surface area contributed by atoms with Gasteiger partial charge in [0, 0.05) is 22.6 Å². The molecule has 1 unspecified atom stereocenters. The molecule has 0 spiro atoms. The van der Waals surface area contributed by atoms with Crippen molar-refractivity contribution in [2.45, 2.75) is 47.9 Å². The first-order valence-electron chi connectivity index (χ1n) is 13.1. The standard InChI is InChI=1S/C29H24Cl2F3N3O4S/c1-2-38-27-25(37-13-22(35-36-37)16-10-20(32)24(34)21(33)11-16)26-23(14-39-28(41-26)15-6-4-3-5-7-15)40-29(27)42-17-8-9-18(30)19(31)12-17/h3-13,23,25-29H,2,14H2,1H3/t23-,25+,26+,27-,28?,29-/m1/s1. The van der Waals surface area contributed by atoms with Crippen LogP contribution in [0.25, 0.3) is 11.3 Å². The summed E-state index contributed by atoms with van der Waals surface area (Å²) >= 11 is 13.8. The first-order valence-corrected chi connectivity index (χ1v) is 14.7. The highest BCUT2D eigenvalue weighted by atomic mass is 35.5. The van der Waals surface area contributed by atoms with Crippen LogP contribution in [0.15, 0.2) is 71.8 Å². The number of aromatic nitrogens is 3. The number of benzene rings is 3. The molecule has 42 heavy (non-hydrogen) atoms. The van der Waals surface area contributed by atoms with E-state index in [-0.39, 0.29) is 17.9 Å². The Morgan fingerprint density at radius 3 is 2.48 bits per heavy atom. The van der Waals surface area contributed by atoms with Crippen LogP contribution in [0.2, 0.25) is 10.0 Å². The largest absolute Gasteiger partial charge is 0.373 e. The van der Waals surface area contributed by atoms with E-state index >= 15 is 0 Å². The van der Waals surface area contributed by atoms with E-state index in [1.54, 1.807) is 16.8 Å². The van der Waals surface area contributed by atoms with Crippen molar-refractivity contribution in [1.82, 2.24) is 15.0 Å². The van der Waals surface area contributed by atoms with Gasteiger partial charge in [0.25, 0.3) is 0 Å². The fourth-order valence-electron chi connectivity index (χ4n) is 5.05. The summed E-state index contributed by atoms with van der Waals surface area (Å²) in [6.07, 6.45) is -0.907. The first kappa shape index (κ1) is 29.4. The topological polar surface area (TPSA) is 67.6 Å². The summed E-state index contributed by atoms with van der Waals surface area (Å²) in [6, 6.07) is 15.9. The third-order valence-corrected chi connectivity index (χ3v) is 8.86. The zero-order valence-electron chi connectivity index (χ0n) is 22.0. The molecule has 13 heteroatoms. The summed E-state index contributed by atoms with van der Waals surface area (Å²) in [4.78, 5) is 0.799. The first-order chi connectivity index (χ1) is 20.3. The van der Waals surface area contributed by atoms with Gasteiger partial charge < -0.3 is 18.9 Å². The number of ether oxygens (including phenoxy) is 4. The van der Waals surface area contributed by atoms with E-state index in [2.05, 4.69) is 10.3 Å². The SMILES string of the molecule is CCO[C@@H]1[C@@H](n2cc(-c3cc(F)c(F)c(F)c3)nn2)[C@H]2OC(c3ccccc3)OC[C@H]2O[C@@H]1Sc1ccc(Cl)c(Cl)c1. The Hall–Kier alpha value is -2.64. The third kappa shape index (κ3) is 5.92. The number of nitrogens with zero attached hydrogens (tertiary/aromatic N) is 3. The van der Waals surface area contributed by atoms with Gasteiger partial charge in [0.15, 0.2) is 23.7 Å². The fourth-order valence-corrected chi connectivity index (χ4v) is 6.59. The normalized spacial score (nSPS) is 25.8. The average Bonchev–Trinajstić information content (AvgIpc) is 3.48. The summed E-state index contributed by atoms with van der Waals surface area (Å²) in [5.41, 5.74) is 0.436. The minimum atomic E-state index is -1.56. The predicted molar refractivity (Wildman–Crippen MR) is 151 cm³/mol. The summed E-state index contributed by atoms with van der Waals surface area (Å²) in [7, 11) is 0. The molecule has 0 saturated carbocycles. The molecule has 0 N–H and O–H groups in total. The molecular formula is C29H24Cl2F3N3O4S. The maximum atomic E-state index is 14.0. The zero-order valence-corrected chi connectivity index (χ0v) is 24.3. The quantitative estimate of drug-likeness (QED) is 0.198. The third-order valence-electron chi connectivity index (χ3n) is 6.98. The van der Waals surface area contributed by atoms with Crippen molar-refractivity contribution in [2.24, 2.45) is 0 Å². The Labute approximate surface area is 253 Å². The molecule has 1 aromatic heterocycles. The summed E-state index contributed by atoms with van der Waals surface area (Å²) < 4.78 is 68.5. The number of rotatable bonds is 7. The molecule has 0 aliphatic carbocycles. The van der Waals surface area contributed by atoms with Crippen molar-refractivity contribution >= 4 is 35.0 Å². The molecule has 7 nitrogen and oxygen atoms in total. The van der Waals surface area contributed by atoms with Gasteiger partial charge in [-0.2, -0.15) is 0 Å². The van der Waals surface area contributed by atoms with Crippen LogP contribution in [0.1, 0.15) is 24.8 Å². The molecule has 0 amide bonds. The van der Waals surface area contributed by atoms with E-state index in [1.165, 1.54) is 18.0 Å². The number of hydrogen-bond acceptors (Lipinski definition) is 7. The number of fused-ring (bicyclic) bond motifs is 1. The molecule has 2 fully saturated rings. The Morgan fingerprint density at radius 1 is 1.00 bits per heavy atom. The van der Waals surface area contributed by atoms with E-state index in [4.69, 9.17) is 42.1 Å². The number of halogens is 5. The summed E-state index contributed by atoms with van der Waals surface area (Å²) in [6.45, 7) is 2.42. The molecule has 3 aromatic carbocycles. The van der Waals surface area contributed by atoms with Gasteiger partial charge in [0.05, 0.1) is 22.8 Å². The van der Waals surface area contributed by atoms with Gasteiger partial charge in [-0.3, -0.25) is 0 Å². The van der Waals surface area contributed by atoms with E-state index < -0.39 is 53.5 Å². The maximum absolute atomic E-state index is 14.0. The molecule has 220 valence electrons. The van der Waals surface area contributed by atoms with Crippen molar-refractivity contribution in [1.29, 1.82) is 0 Å². The van der Waals surface area contributed by atoms with Crippen LogP contribution in [0.3, 0.4) is 0 Å². The molecule has 3 heterocycles. The molecule has 0 radical (unpaired) electrons. The highest BCUT2D eigenvalue weighted by Crippen LogP contribution is 2.45. The van der Waals surface area contributed by atoms with Crippen molar-refractivity contribution in [3.63, 3.8) is 0 Å². The Balaban J connectivity index is 1.38. The van der Waals surface area contributed by atoms with Crippen LogP contribution in [0, 0.1) is 17.5 Å². The van der Waals surface area contributed by atoms with Gasteiger partial charge in [-0.1, -0.05) is 70.5 Å². The molecular weight excluding hydrogens is 614 g/mol. The molecule has 6 atom stereocenters. The molecule has 0 bridgehead atoms. The minimum absolute atomic E-state index is 0.0333. The minimum Gasteiger partial charge on any atom is -0.373 e. The van der Waals surface area contributed by atoms with E-state index in [9.17, 15) is 13.2 Å². The van der Waals surface area contributed by atoms with Crippen LogP contribution >= 0.6 is 35.0 Å². The van der Waals surface area contributed by atoms with Crippen molar-refractivity contribution in [2.75, 3.05) is 13.2 Å². The summed E-state index contributed by atoms with van der Waals surface area (Å²) in [5.74, 6) is -4.21. The monoisotopic (exact) mass is 637 g/mol. The van der Waals surface area contributed by atoms with Crippen LogP contribution < -0.4 is 0 Å². The van der Waals surface area contributed by atoms with Gasteiger partial charge in [0.1, 0.15) is 35.5 Å². The Morgan fingerprint density at radius 2 is 1.76 bits per heavy atom. The smallest absolute Gasteiger partial charge is 0.194 e. The zero-order chi connectivity index (χ0) is 29.4. The van der Waals surface area contributed by atoms with Crippen molar-refractivity contribution < 1.29 is 32.1 Å². The second-order valence-corrected chi connectivity index (χ2v) is 11.6. The second-order valence-electron chi connectivity index (χ2n) is 9.66. The Bertz CT molecular complexity index is 1540. The second kappa shape index (κ2) is 12.5. The maximum Gasteiger partial charge on any atom is 0.194 e. The fraction of sp³-hybridized carbons (Fsp3) is 0.310. The lowest BCUT2D eigenvalue weighted by molar-refractivity contribution is -0.309. The lowest BCUT2D eigenvalue weighted by atomic mass is 9.95. The number of thioether (sulfide) groups is 1. The van der Waals surface area contributed by atoms with E-state index in [1.807, 2.05) is 43.3 Å². The van der Waals surface area contributed by atoms with Gasteiger partial charge in [-0.25, -0.2) is 17.9 Å². The average molecular weight is 638 g/mol. The molecule has 2 saturated heterocycles. The van der Waals surface area contributed by atoms with Gasteiger partial charge in [-0.05, 0) is 37.3 Å². The predicted octanol–water partition coefficient (Wildman–Crippen LogP) is 7.25. The van der Waals surface area contributed by atoms with Crippen molar-refractivity contribution in [3.8, 4) is 11.3 Å². The molecule has 4 aromatic rings. The van der Waals surface area contributed by atoms with Gasteiger partial charge in [0.2, 0.25) is 0 Å². The van der Waals surface area contributed by atoms with E-state index in [0.717, 1.165) is 22.6 Å². The van der Waals surface area contributed by atoms with Gasteiger partial charge >= 0.3 is 0 Å². The van der Waals surface area contributed by atoms with E-state index in [0.29, 0.717) is 16.7 Å². The lowest BCUT2D eigenvalue weighted by Gasteiger charge is -2.49. The van der Waals surface area contributed by atoms with Crippen LogP contribution in [0.5, 0.6) is 0 Å². The van der Waals surface area contributed by atoms with Crippen LogP contribution in [-0.2, 0) is 18.9 Å². The highest BCUT2D eigenvalue weighted by Gasteiger charge is 2.52. The molecule has 2 aliphatic heterocycles. The van der Waals surface area contributed by atoms with Crippen LogP contribution in [0.4, 0.5) is 13.2 Å². The van der Waals surface area contributed by atoms with Gasteiger partial charge in [-0.15, -0.1) is 5.10 Å².